The van der Waals surface area contributed by atoms with Crippen LogP contribution in [0.25, 0.3) is 0 Å². The highest BCUT2D eigenvalue weighted by Crippen LogP contribution is 2.39. The Hall–Kier alpha value is -3.81. The number of carbonyl (C=O) groups is 1. The monoisotopic (exact) mass is 361 g/mol. The minimum Gasteiger partial charge on any atom is -0.454 e. The summed E-state index contributed by atoms with van der Waals surface area (Å²) in [5.41, 5.74) is 3.40. The predicted octanol–water partition coefficient (Wildman–Crippen LogP) is 3.19. The van der Waals surface area contributed by atoms with Crippen LogP contribution >= 0.6 is 0 Å². The molecule has 0 bridgehead atoms. The first-order chi connectivity index (χ1) is 13.2. The number of anilines is 5. The number of nitrogens with one attached hydrogen (secondary N) is 3. The smallest absolute Gasteiger partial charge is 0.231 e. The van der Waals surface area contributed by atoms with Crippen LogP contribution in [0.4, 0.5) is 28.8 Å². The molecule has 0 saturated carbocycles. The van der Waals surface area contributed by atoms with Gasteiger partial charge in [-0.05, 0) is 42.0 Å². The van der Waals surface area contributed by atoms with Gasteiger partial charge in [0, 0.05) is 17.6 Å². The standard InChI is InChI=1S/C19H15N5O3/c25-17-9-11-8-12(4-5-13(11)23-17)21-19-20-7-6-16(24-19)22-14-2-1-3-15-18(14)27-10-26-15/h1-8H,9-10H2,(H,23,25)(H2,20,21,22,24). The van der Waals surface area contributed by atoms with Crippen molar-refractivity contribution in [1.82, 2.24) is 9.97 Å². The third kappa shape index (κ3) is 2.97. The number of hydrogen-bond donors (Lipinski definition) is 3. The van der Waals surface area contributed by atoms with E-state index in [-0.39, 0.29) is 12.7 Å². The Kier molecular flexibility index (Phi) is 3.53. The van der Waals surface area contributed by atoms with E-state index < -0.39 is 0 Å². The molecule has 1 amide bonds. The summed E-state index contributed by atoms with van der Waals surface area (Å²) in [4.78, 5) is 20.2. The van der Waals surface area contributed by atoms with Gasteiger partial charge in [-0.1, -0.05) is 6.07 Å². The van der Waals surface area contributed by atoms with E-state index in [4.69, 9.17) is 9.47 Å². The fourth-order valence-corrected chi connectivity index (χ4v) is 3.09. The van der Waals surface area contributed by atoms with Crippen LogP contribution in [0.1, 0.15) is 5.56 Å². The van der Waals surface area contributed by atoms with Gasteiger partial charge in [-0.15, -0.1) is 0 Å². The molecular formula is C19H15N5O3. The van der Waals surface area contributed by atoms with Crippen LogP contribution in [0.5, 0.6) is 11.5 Å². The Morgan fingerprint density at radius 1 is 1.07 bits per heavy atom. The number of fused-ring (bicyclic) bond motifs is 2. The first-order valence-corrected chi connectivity index (χ1v) is 8.43. The number of amides is 1. The van der Waals surface area contributed by atoms with Crippen LogP contribution in [-0.4, -0.2) is 22.7 Å². The minimum absolute atomic E-state index is 0.00573. The van der Waals surface area contributed by atoms with Gasteiger partial charge in [0.1, 0.15) is 5.82 Å². The number of aromatic nitrogens is 2. The summed E-state index contributed by atoms with van der Waals surface area (Å²) < 4.78 is 10.9. The van der Waals surface area contributed by atoms with E-state index >= 15 is 0 Å². The first-order valence-electron chi connectivity index (χ1n) is 8.43. The van der Waals surface area contributed by atoms with Crippen LogP contribution in [0.2, 0.25) is 0 Å². The molecule has 8 heteroatoms. The Bertz CT molecular complexity index is 1050. The van der Waals surface area contributed by atoms with E-state index in [2.05, 4.69) is 25.9 Å². The number of carbonyl (C=O) groups excluding carboxylic acids is 1. The van der Waals surface area contributed by atoms with E-state index in [9.17, 15) is 4.79 Å². The Morgan fingerprint density at radius 3 is 3.00 bits per heavy atom. The van der Waals surface area contributed by atoms with Gasteiger partial charge in [-0.25, -0.2) is 4.98 Å². The molecule has 3 N–H and O–H groups in total. The zero-order valence-corrected chi connectivity index (χ0v) is 14.2. The average molecular weight is 361 g/mol. The van der Waals surface area contributed by atoms with Crippen molar-refractivity contribution in [3.63, 3.8) is 0 Å². The number of hydrogen-bond acceptors (Lipinski definition) is 7. The van der Waals surface area contributed by atoms with Crippen molar-refractivity contribution in [3.8, 4) is 11.5 Å². The number of ether oxygens (including phenoxy) is 2. The van der Waals surface area contributed by atoms with E-state index in [0.29, 0.717) is 29.7 Å². The van der Waals surface area contributed by atoms with Gasteiger partial charge in [0.25, 0.3) is 0 Å². The summed E-state index contributed by atoms with van der Waals surface area (Å²) in [6.45, 7) is 0.209. The van der Waals surface area contributed by atoms with Crippen LogP contribution in [0, 0.1) is 0 Å². The molecule has 5 rings (SSSR count). The molecule has 2 aliphatic heterocycles. The number of para-hydroxylation sites is 1. The maximum absolute atomic E-state index is 11.5. The molecule has 27 heavy (non-hydrogen) atoms. The molecular weight excluding hydrogens is 346 g/mol. The van der Waals surface area contributed by atoms with Gasteiger partial charge < -0.3 is 25.4 Å². The Balaban J connectivity index is 1.36. The first kappa shape index (κ1) is 15.4. The van der Waals surface area contributed by atoms with Crippen molar-refractivity contribution in [3.05, 3.63) is 54.2 Å². The van der Waals surface area contributed by atoms with Gasteiger partial charge >= 0.3 is 0 Å². The SMILES string of the molecule is O=C1Cc2cc(Nc3nccc(Nc4cccc5c4OCO5)n3)ccc2N1. The van der Waals surface area contributed by atoms with E-state index in [1.165, 1.54) is 0 Å². The summed E-state index contributed by atoms with van der Waals surface area (Å²) in [5, 5.41) is 9.21. The van der Waals surface area contributed by atoms with E-state index in [1.54, 1.807) is 12.3 Å². The van der Waals surface area contributed by atoms with Crippen LogP contribution in [0.15, 0.2) is 48.7 Å². The van der Waals surface area contributed by atoms with E-state index in [1.807, 2.05) is 36.4 Å². The van der Waals surface area contributed by atoms with E-state index in [0.717, 1.165) is 22.6 Å². The summed E-state index contributed by atoms with van der Waals surface area (Å²) in [7, 11) is 0. The third-order valence-corrected chi connectivity index (χ3v) is 4.30. The molecule has 3 heterocycles. The lowest BCUT2D eigenvalue weighted by molar-refractivity contribution is -0.115. The van der Waals surface area contributed by atoms with Crippen LogP contribution in [-0.2, 0) is 11.2 Å². The maximum Gasteiger partial charge on any atom is 0.231 e. The van der Waals surface area contributed by atoms with Crippen molar-refractivity contribution in [2.75, 3.05) is 22.7 Å². The third-order valence-electron chi connectivity index (χ3n) is 4.30. The zero-order valence-electron chi connectivity index (χ0n) is 14.2. The zero-order chi connectivity index (χ0) is 18.2. The lowest BCUT2D eigenvalue weighted by Crippen LogP contribution is -2.03. The summed E-state index contributed by atoms with van der Waals surface area (Å²) in [6.07, 6.45) is 2.05. The highest BCUT2D eigenvalue weighted by molar-refractivity contribution is 5.99. The Labute approximate surface area is 154 Å². The molecule has 0 radical (unpaired) electrons. The van der Waals surface area contributed by atoms with Crippen molar-refractivity contribution >= 4 is 34.7 Å². The lowest BCUT2D eigenvalue weighted by atomic mass is 10.1. The quantitative estimate of drug-likeness (QED) is 0.656. The molecule has 0 atom stereocenters. The molecule has 0 saturated heterocycles. The Morgan fingerprint density at radius 2 is 2.04 bits per heavy atom. The number of nitrogens with zero attached hydrogens (tertiary/aromatic N) is 2. The van der Waals surface area contributed by atoms with Gasteiger partial charge in [0.15, 0.2) is 11.5 Å². The summed E-state index contributed by atoms with van der Waals surface area (Å²) in [6, 6.07) is 13.1. The second kappa shape index (κ2) is 6.17. The van der Waals surface area contributed by atoms with Crippen molar-refractivity contribution in [2.45, 2.75) is 6.42 Å². The van der Waals surface area contributed by atoms with Crippen molar-refractivity contribution in [2.24, 2.45) is 0 Å². The average Bonchev–Trinajstić information content (AvgIpc) is 3.28. The molecule has 134 valence electrons. The fourth-order valence-electron chi connectivity index (χ4n) is 3.09. The molecule has 0 fully saturated rings. The molecule has 0 aliphatic carbocycles. The highest BCUT2D eigenvalue weighted by Gasteiger charge is 2.19. The highest BCUT2D eigenvalue weighted by atomic mass is 16.7. The summed E-state index contributed by atoms with van der Waals surface area (Å²) in [5.74, 6) is 2.44. The van der Waals surface area contributed by atoms with Crippen LogP contribution in [0.3, 0.4) is 0 Å². The normalized spacial score (nSPS) is 13.9. The number of rotatable bonds is 4. The largest absolute Gasteiger partial charge is 0.454 e. The molecule has 1 aromatic heterocycles. The van der Waals surface area contributed by atoms with Gasteiger partial charge in [-0.2, -0.15) is 4.98 Å². The second-order valence-corrected chi connectivity index (χ2v) is 6.15. The molecule has 8 nitrogen and oxygen atoms in total. The molecule has 2 aromatic carbocycles. The predicted molar refractivity (Wildman–Crippen MR) is 99.9 cm³/mol. The lowest BCUT2D eigenvalue weighted by Gasteiger charge is -2.10. The second-order valence-electron chi connectivity index (χ2n) is 6.15. The number of benzene rings is 2. The molecule has 0 unspecified atom stereocenters. The molecule has 3 aromatic rings. The minimum atomic E-state index is 0.00573. The summed E-state index contributed by atoms with van der Waals surface area (Å²) >= 11 is 0. The molecule has 2 aliphatic rings. The topological polar surface area (TPSA) is 97.4 Å². The van der Waals surface area contributed by atoms with Crippen molar-refractivity contribution < 1.29 is 14.3 Å². The molecule has 0 spiro atoms. The van der Waals surface area contributed by atoms with Gasteiger partial charge in [-0.3, -0.25) is 4.79 Å². The van der Waals surface area contributed by atoms with Crippen molar-refractivity contribution in [1.29, 1.82) is 0 Å². The van der Waals surface area contributed by atoms with Gasteiger partial charge in [0.2, 0.25) is 18.6 Å². The maximum atomic E-state index is 11.5. The fraction of sp³-hybridized carbons (Fsp3) is 0.105. The van der Waals surface area contributed by atoms with Crippen LogP contribution < -0.4 is 25.4 Å². The van der Waals surface area contributed by atoms with Gasteiger partial charge in [0.05, 0.1) is 12.1 Å².